The van der Waals surface area contributed by atoms with Crippen LogP contribution in [0.5, 0.6) is 0 Å². The van der Waals surface area contributed by atoms with E-state index in [2.05, 4.69) is 20.7 Å². The van der Waals surface area contributed by atoms with Crippen molar-refractivity contribution in [2.24, 2.45) is 5.92 Å². The number of allylic oxidation sites excluding steroid dienone is 4. The number of alkyl halides is 1. The predicted molar refractivity (Wildman–Crippen MR) is 54.0 cm³/mol. The standard InChI is InChI=1S/C10H9BrO3/c1-14-9(13)10(11)5-8(10)6-2-3-7(12)4-6/h2-4,8H,5H2,1H3/t8-,10+/m0/s1. The molecule has 0 bridgehead atoms. The Kier molecular flexibility index (Phi) is 2.10. The Balaban J connectivity index is 2.13. The Morgan fingerprint density at radius 3 is 2.86 bits per heavy atom. The minimum atomic E-state index is -0.595. The van der Waals surface area contributed by atoms with Crippen molar-refractivity contribution in [3.63, 3.8) is 0 Å². The van der Waals surface area contributed by atoms with Gasteiger partial charge in [-0.15, -0.1) is 0 Å². The van der Waals surface area contributed by atoms with Crippen LogP contribution in [-0.4, -0.2) is 23.2 Å². The molecule has 1 saturated carbocycles. The van der Waals surface area contributed by atoms with E-state index < -0.39 is 4.32 Å². The normalized spacial score (nSPS) is 34.3. The average Bonchev–Trinajstić information content (AvgIpc) is 2.67. The topological polar surface area (TPSA) is 43.4 Å². The molecule has 0 radical (unpaired) electrons. The quantitative estimate of drug-likeness (QED) is 0.554. The summed E-state index contributed by atoms with van der Waals surface area (Å²) in [6, 6.07) is 0. The number of carbonyl (C=O) groups excluding carboxylic acids is 2. The summed E-state index contributed by atoms with van der Waals surface area (Å²) in [5.74, 6) is -0.194. The lowest BCUT2D eigenvalue weighted by atomic mass is 10.1. The van der Waals surface area contributed by atoms with Gasteiger partial charge in [-0.2, -0.15) is 0 Å². The second-order valence-electron chi connectivity index (χ2n) is 3.49. The zero-order valence-corrected chi connectivity index (χ0v) is 9.21. The monoisotopic (exact) mass is 256 g/mol. The average molecular weight is 257 g/mol. The Bertz CT molecular complexity index is 370. The van der Waals surface area contributed by atoms with Crippen LogP contribution in [0.2, 0.25) is 0 Å². The molecule has 4 heteroatoms. The van der Waals surface area contributed by atoms with Crippen LogP contribution in [0.4, 0.5) is 0 Å². The summed E-state index contributed by atoms with van der Waals surface area (Å²) < 4.78 is 4.08. The van der Waals surface area contributed by atoms with Gasteiger partial charge in [0.05, 0.1) is 7.11 Å². The van der Waals surface area contributed by atoms with E-state index >= 15 is 0 Å². The predicted octanol–water partition coefficient (Wildman–Crippen LogP) is 1.38. The molecule has 0 N–H and O–H groups in total. The molecule has 0 spiro atoms. The van der Waals surface area contributed by atoms with Gasteiger partial charge in [0.2, 0.25) is 0 Å². The lowest BCUT2D eigenvalue weighted by molar-refractivity contribution is -0.140. The summed E-state index contributed by atoms with van der Waals surface area (Å²) >= 11 is 3.35. The molecule has 0 amide bonds. The number of hydrogen-bond acceptors (Lipinski definition) is 3. The summed E-state index contributed by atoms with van der Waals surface area (Å²) in [6.45, 7) is 0. The van der Waals surface area contributed by atoms with Crippen molar-refractivity contribution in [1.29, 1.82) is 0 Å². The van der Waals surface area contributed by atoms with Crippen LogP contribution in [0.15, 0.2) is 23.8 Å². The van der Waals surface area contributed by atoms with Crippen molar-refractivity contribution in [3.05, 3.63) is 23.8 Å². The molecule has 2 aliphatic rings. The fourth-order valence-electron chi connectivity index (χ4n) is 1.67. The molecular weight excluding hydrogens is 248 g/mol. The van der Waals surface area contributed by atoms with E-state index in [-0.39, 0.29) is 17.7 Å². The molecule has 0 aromatic rings. The molecule has 14 heavy (non-hydrogen) atoms. The first-order valence-electron chi connectivity index (χ1n) is 4.29. The second kappa shape index (κ2) is 3.05. The molecule has 0 aromatic heterocycles. The maximum atomic E-state index is 11.3. The molecule has 2 aliphatic carbocycles. The third kappa shape index (κ3) is 1.34. The Labute approximate surface area is 89.9 Å². The maximum Gasteiger partial charge on any atom is 0.323 e. The third-order valence-electron chi connectivity index (χ3n) is 2.57. The molecule has 1 fully saturated rings. The van der Waals surface area contributed by atoms with Gasteiger partial charge in [0.15, 0.2) is 5.78 Å². The molecular formula is C10H9BrO3. The molecule has 0 aliphatic heterocycles. The fraction of sp³-hybridized carbons (Fsp3) is 0.400. The van der Waals surface area contributed by atoms with Crippen LogP contribution < -0.4 is 0 Å². The van der Waals surface area contributed by atoms with Gasteiger partial charge in [-0.1, -0.05) is 22.0 Å². The van der Waals surface area contributed by atoms with Gasteiger partial charge in [-0.3, -0.25) is 9.59 Å². The Morgan fingerprint density at radius 1 is 1.64 bits per heavy atom. The summed E-state index contributed by atoms with van der Waals surface area (Å²) in [5, 5.41) is 0. The zero-order chi connectivity index (χ0) is 10.3. The van der Waals surface area contributed by atoms with Crippen molar-refractivity contribution >= 4 is 27.7 Å². The minimum Gasteiger partial charge on any atom is -0.468 e. The van der Waals surface area contributed by atoms with E-state index in [0.29, 0.717) is 6.42 Å². The molecule has 0 saturated heterocycles. The number of halogens is 1. The third-order valence-corrected chi connectivity index (χ3v) is 3.77. The molecule has 0 aromatic carbocycles. The van der Waals surface area contributed by atoms with Crippen molar-refractivity contribution in [1.82, 2.24) is 0 Å². The van der Waals surface area contributed by atoms with Gasteiger partial charge in [0.25, 0.3) is 0 Å². The van der Waals surface area contributed by atoms with E-state index in [4.69, 9.17) is 0 Å². The fourth-order valence-corrected chi connectivity index (χ4v) is 2.42. The highest BCUT2D eigenvalue weighted by Gasteiger charge is 2.60. The highest BCUT2D eigenvalue weighted by atomic mass is 79.9. The first kappa shape index (κ1) is 9.65. The van der Waals surface area contributed by atoms with Gasteiger partial charge in [-0.05, 0) is 24.1 Å². The molecule has 3 nitrogen and oxygen atoms in total. The summed E-state index contributed by atoms with van der Waals surface area (Å²) in [6.07, 6.45) is 5.54. The van der Waals surface area contributed by atoms with E-state index in [0.717, 1.165) is 5.57 Å². The number of ketones is 1. The smallest absolute Gasteiger partial charge is 0.323 e. The number of carbonyl (C=O) groups is 2. The maximum absolute atomic E-state index is 11.3. The first-order valence-corrected chi connectivity index (χ1v) is 5.08. The molecule has 0 unspecified atom stereocenters. The van der Waals surface area contributed by atoms with Gasteiger partial charge >= 0.3 is 5.97 Å². The van der Waals surface area contributed by atoms with Crippen LogP contribution in [0.1, 0.15) is 6.42 Å². The van der Waals surface area contributed by atoms with E-state index in [1.165, 1.54) is 13.2 Å². The molecule has 2 rings (SSSR count). The van der Waals surface area contributed by atoms with Gasteiger partial charge in [0, 0.05) is 5.92 Å². The number of ether oxygens (including phenoxy) is 1. The largest absolute Gasteiger partial charge is 0.468 e. The van der Waals surface area contributed by atoms with Crippen molar-refractivity contribution in [2.75, 3.05) is 7.11 Å². The van der Waals surface area contributed by atoms with Crippen LogP contribution in [-0.2, 0) is 14.3 Å². The highest BCUT2D eigenvalue weighted by Crippen LogP contribution is 2.56. The number of esters is 1. The zero-order valence-electron chi connectivity index (χ0n) is 7.62. The van der Waals surface area contributed by atoms with E-state index in [1.54, 1.807) is 12.2 Å². The van der Waals surface area contributed by atoms with Crippen LogP contribution >= 0.6 is 15.9 Å². The Morgan fingerprint density at radius 2 is 2.36 bits per heavy atom. The summed E-state index contributed by atoms with van der Waals surface area (Å²) in [5.41, 5.74) is 0.914. The molecule has 74 valence electrons. The lowest BCUT2D eigenvalue weighted by Gasteiger charge is -2.05. The SMILES string of the molecule is COC(=O)[C@@]1(Br)C[C@H]1C1=CC(=O)C=C1. The van der Waals surface area contributed by atoms with Crippen LogP contribution in [0.25, 0.3) is 0 Å². The highest BCUT2D eigenvalue weighted by molar-refractivity contribution is 9.10. The first-order chi connectivity index (χ1) is 6.58. The molecule has 0 heterocycles. The summed E-state index contributed by atoms with van der Waals surface area (Å²) in [4.78, 5) is 22.3. The number of methoxy groups -OCH3 is 1. The van der Waals surface area contributed by atoms with E-state index in [9.17, 15) is 9.59 Å². The van der Waals surface area contributed by atoms with Crippen molar-refractivity contribution in [3.8, 4) is 0 Å². The van der Waals surface area contributed by atoms with Crippen molar-refractivity contribution < 1.29 is 14.3 Å². The Hall–Kier alpha value is -0.900. The van der Waals surface area contributed by atoms with Gasteiger partial charge in [-0.25, -0.2) is 0 Å². The number of rotatable bonds is 2. The van der Waals surface area contributed by atoms with Gasteiger partial charge in [0.1, 0.15) is 4.32 Å². The van der Waals surface area contributed by atoms with E-state index in [1.807, 2.05) is 0 Å². The number of hydrogen-bond donors (Lipinski definition) is 0. The molecule has 2 atom stereocenters. The lowest BCUT2D eigenvalue weighted by Crippen LogP contribution is -2.19. The minimum absolute atomic E-state index is 0.00776. The second-order valence-corrected chi connectivity index (χ2v) is 4.91. The van der Waals surface area contributed by atoms with Crippen LogP contribution in [0.3, 0.4) is 0 Å². The van der Waals surface area contributed by atoms with Crippen molar-refractivity contribution in [2.45, 2.75) is 10.7 Å². The summed E-state index contributed by atoms with van der Waals surface area (Å²) in [7, 11) is 1.37. The van der Waals surface area contributed by atoms with Gasteiger partial charge < -0.3 is 4.74 Å². The van der Waals surface area contributed by atoms with Crippen LogP contribution in [0, 0.1) is 5.92 Å².